The molecular weight excluding hydrogens is 278 g/mol. The van der Waals surface area contributed by atoms with E-state index in [1.165, 1.54) is 0 Å². The first-order valence-corrected chi connectivity index (χ1v) is 9.07. The second kappa shape index (κ2) is 6.41. The first kappa shape index (κ1) is 15.7. The van der Waals surface area contributed by atoms with Gasteiger partial charge in [0.15, 0.2) is 9.84 Å². The lowest BCUT2D eigenvalue weighted by atomic mass is 10.1. The van der Waals surface area contributed by atoms with E-state index in [9.17, 15) is 13.2 Å². The lowest BCUT2D eigenvalue weighted by molar-refractivity contribution is -0.132. The molecule has 1 N–H and O–H groups in total. The number of hydrogen-bond donors (Lipinski definition) is 1. The monoisotopic (exact) mass is 303 g/mol. The summed E-state index contributed by atoms with van der Waals surface area (Å²) in [6.07, 6.45) is 2.38. The molecule has 0 aliphatic carbocycles. The van der Waals surface area contributed by atoms with Crippen molar-refractivity contribution >= 4 is 15.7 Å². The molecule has 0 saturated carbocycles. The third-order valence-electron chi connectivity index (χ3n) is 4.00. The van der Waals surface area contributed by atoms with Crippen LogP contribution in [0.3, 0.4) is 0 Å². The van der Waals surface area contributed by atoms with Gasteiger partial charge in [0.2, 0.25) is 5.91 Å². The number of rotatable bonds is 4. The molecule has 116 valence electrons. The molecule has 2 atom stereocenters. The van der Waals surface area contributed by atoms with Crippen LogP contribution in [0.1, 0.15) is 19.3 Å². The van der Waals surface area contributed by atoms with E-state index < -0.39 is 9.84 Å². The van der Waals surface area contributed by atoms with Crippen LogP contribution in [0.4, 0.5) is 0 Å². The van der Waals surface area contributed by atoms with E-state index >= 15 is 0 Å². The van der Waals surface area contributed by atoms with Crippen molar-refractivity contribution in [3.8, 4) is 0 Å². The molecule has 2 saturated heterocycles. The molecule has 6 nitrogen and oxygen atoms in total. The highest BCUT2D eigenvalue weighted by atomic mass is 32.2. The number of hydrogen-bond acceptors (Lipinski definition) is 5. The van der Waals surface area contributed by atoms with Crippen LogP contribution < -0.4 is 5.32 Å². The molecule has 0 aromatic rings. The molecular formula is C13H25N3O3S. The largest absolute Gasteiger partial charge is 0.338 e. The number of nitrogens with zero attached hydrogens (tertiary/aromatic N) is 2. The number of nitrogens with one attached hydrogen (secondary N) is 1. The molecule has 0 aromatic heterocycles. The van der Waals surface area contributed by atoms with Gasteiger partial charge in [0.1, 0.15) is 0 Å². The highest BCUT2D eigenvalue weighted by Crippen LogP contribution is 2.20. The van der Waals surface area contributed by atoms with Gasteiger partial charge in [0.25, 0.3) is 0 Å². The average molecular weight is 303 g/mol. The van der Waals surface area contributed by atoms with E-state index in [0.717, 1.165) is 25.9 Å². The molecule has 2 unspecified atom stereocenters. The molecule has 2 rings (SSSR count). The van der Waals surface area contributed by atoms with Gasteiger partial charge >= 0.3 is 0 Å². The zero-order chi connectivity index (χ0) is 14.8. The average Bonchev–Trinajstić information content (AvgIpc) is 2.74. The van der Waals surface area contributed by atoms with Gasteiger partial charge in [-0.05, 0) is 26.9 Å². The van der Waals surface area contributed by atoms with Gasteiger partial charge < -0.3 is 15.1 Å². The Morgan fingerprint density at radius 3 is 2.80 bits per heavy atom. The topological polar surface area (TPSA) is 69.7 Å². The number of likely N-dealkylation sites (tertiary alicyclic amines) is 1. The van der Waals surface area contributed by atoms with Crippen molar-refractivity contribution in [1.82, 2.24) is 15.1 Å². The molecule has 2 aliphatic rings. The van der Waals surface area contributed by atoms with Crippen molar-refractivity contribution in [2.24, 2.45) is 0 Å². The van der Waals surface area contributed by atoms with Crippen LogP contribution in [-0.4, -0.2) is 81.4 Å². The Morgan fingerprint density at radius 2 is 2.15 bits per heavy atom. The number of carbonyl (C=O) groups is 1. The van der Waals surface area contributed by atoms with Crippen LogP contribution in [0.25, 0.3) is 0 Å². The molecule has 2 heterocycles. The Balaban J connectivity index is 1.90. The zero-order valence-corrected chi connectivity index (χ0v) is 13.2. The molecule has 0 radical (unpaired) electrons. The highest BCUT2D eigenvalue weighted by Gasteiger charge is 2.32. The summed E-state index contributed by atoms with van der Waals surface area (Å²) in [5.41, 5.74) is 0. The Morgan fingerprint density at radius 1 is 1.40 bits per heavy atom. The van der Waals surface area contributed by atoms with E-state index in [2.05, 4.69) is 10.2 Å². The predicted octanol–water partition coefficient (Wildman–Crippen LogP) is -0.684. The SMILES string of the molecule is CN(C)CC1CCCN1C(=O)CC1CS(=O)(=O)CCN1. The molecule has 7 heteroatoms. The van der Waals surface area contributed by atoms with Crippen LogP contribution in [0.5, 0.6) is 0 Å². The summed E-state index contributed by atoms with van der Waals surface area (Å²) in [6, 6.07) is 0.0551. The Bertz CT molecular complexity index is 450. The maximum atomic E-state index is 12.4. The van der Waals surface area contributed by atoms with E-state index in [0.29, 0.717) is 13.0 Å². The number of sulfone groups is 1. The molecule has 20 heavy (non-hydrogen) atoms. The summed E-state index contributed by atoms with van der Waals surface area (Å²) in [6.45, 7) is 2.14. The third-order valence-corrected chi connectivity index (χ3v) is 5.73. The summed E-state index contributed by atoms with van der Waals surface area (Å²) < 4.78 is 23.2. The van der Waals surface area contributed by atoms with Crippen molar-refractivity contribution < 1.29 is 13.2 Å². The van der Waals surface area contributed by atoms with Crippen LogP contribution >= 0.6 is 0 Å². The van der Waals surface area contributed by atoms with Gasteiger partial charge in [-0.2, -0.15) is 0 Å². The smallest absolute Gasteiger partial charge is 0.224 e. The van der Waals surface area contributed by atoms with Gasteiger partial charge in [0, 0.05) is 38.1 Å². The van der Waals surface area contributed by atoms with Crippen LogP contribution in [0.15, 0.2) is 0 Å². The van der Waals surface area contributed by atoms with Gasteiger partial charge in [-0.1, -0.05) is 0 Å². The normalized spacial score (nSPS) is 29.9. The Hall–Kier alpha value is -0.660. The molecule has 2 aliphatic heterocycles. The minimum atomic E-state index is -2.98. The van der Waals surface area contributed by atoms with Gasteiger partial charge in [0.05, 0.1) is 11.5 Å². The number of likely N-dealkylation sites (N-methyl/N-ethyl adjacent to an activating group) is 1. The van der Waals surface area contributed by atoms with Gasteiger partial charge in [-0.3, -0.25) is 4.79 Å². The summed E-state index contributed by atoms with van der Waals surface area (Å²) in [4.78, 5) is 16.4. The van der Waals surface area contributed by atoms with Crippen LogP contribution in [-0.2, 0) is 14.6 Å². The van der Waals surface area contributed by atoms with E-state index in [4.69, 9.17) is 0 Å². The fraction of sp³-hybridized carbons (Fsp3) is 0.923. The second-order valence-corrected chi connectivity index (χ2v) is 8.34. The maximum absolute atomic E-state index is 12.4. The van der Waals surface area contributed by atoms with E-state index in [1.807, 2.05) is 19.0 Å². The summed E-state index contributed by atoms with van der Waals surface area (Å²) in [7, 11) is 1.05. The molecule has 1 amide bonds. The van der Waals surface area contributed by atoms with Crippen molar-refractivity contribution in [3.05, 3.63) is 0 Å². The van der Waals surface area contributed by atoms with Crippen molar-refractivity contribution in [2.45, 2.75) is 31.3 Å². The molecule has 2 fully saturated rings. The minimum absolute atomic E-state index is 0.0870. The maximum Gasteiger partial charge on any atom is 0.224 e. The first-order valence-electron chi connectivity index (χ1n) is 7.25. The molecule has 0 spiro atoms. The minimum Gasteiger partial charge on any atom is -0.338 e. The zero-order valence-electron chi connectivity index (χ0n) is 12.3. The Kier molecular flexibility index (Phi) is 5.04. The van der Waals surface area contributed by atoms with Crippen molar-refractivity contribution in [2.75, 3.05) is 45.2 Å². The van der Waals surface area contributed by atoms with Crippen molar-refractivity contribution in [1.29, 1.82) is 0 Å². The fourth-order valence-electron chi connectivity index (χ4n) is 3.10. The lowest BCUT2D eigenvalue weighted by Gasteiger charge is -2.30. The lowest BCUT2D eigenvalue weighted by Crippen LogP contribution is -2.49. The molecule has 0 aromatic carbocycles. The predicted molar refractivity (Wildman–Crippen MR) is 78.4 cm³/mol. The first-order chi connectivity index (χ1) is 9.37. The van der Waals surface area contributed by atoms with Crippen LogP contribution in [0.2, 0.25) is 0 Å². The van der Waals surface area contributed by atoms with E-state index in [1.54, 1.807) is 0 Å². The van der Waals surface area contributed by atoms with Crippen molar-refractivity contribution in [3.63, 3.8) is 0 Å². The van der Waals surface area contributed by atoms with Gasteiger partial charge in [-0.15, -0.1) is 0 Å². The van der Waals surface area contributed by atoms with Gasteiger partial charge in [-0.25, -0.2) is 8.42 Å². The Labute approximate surface area is 121 Å². The standard InChI is InChI=1S/C13H25N3O3S/c1-15(2)9-12-4-3-6-16(12)13(17)8-11-10-20(18,19)7-5-14-11/h11-12,14H,3-10H2,1-2H3. The highest BCUT2D eigenvalue weighted by molar-refractivity contribution is 7.91. The number of amides is 1. The summed E-state index contributed by atoms with van der Waals surface area (Å²) >= 11 is 0. The molecule has 0 bridgehead atoms. The quantitative estimate of drug-likeness (QED) is 0.745. The summed E-state index contributed by atoms with van der Waals surface area (Å²) in [5, 5.41) is 3.15. The van der Waals surface area contributed by atoms with E-state index in [-0.39, 0.29) is 29.5 Å². The van der Waals surface area contributed by atoms with Crippen LogP contribution in [0, 0.1) is 0 Å². The number of carbonyl (C=O) groups excluding carboxylic acids is 1. The second-order valence-electron chi connectivity index (χ2n) is 6.11. The summed E-state index contributed by atoms with van der Waals surface area (Å²) in [5.74, 6) is 0.360. The third kappa shape index (κ3) is 4.17. The fourth-order valence-corrected chi connectivity index (χ4v) is 4.55.